The maximum atomic E-state index is 12.4. The van der Waals surface area contributed by atoms with E-state index in [2.05, 4.69) is 15.2 Å². The van der Waals surface area contributed by atoms with Crippen LogP contribution >= 0.6 is 11.3 Å². The van der Waals surface area contributed by atoms with E-state index in [-0.39, 0.29) is 5.91 Å². The summed E-state index contributed by atoms with van der Waals surface area (Å²) >= 11 is 1.52. The number of amides is 1. The minimum Gasteiger partial charge on any atom is -0.349 e. The van der Waals surface area contributed by atoms with E-state index in [0.29, 0.717) is 6.04 Å². The number of carbonyl (C=O) groups is 1. The first-order chi connectivity index (χ1) is 9.56. The molecule has 0 unspecified atom stereocenters. The second kappa shape index (κ2) is 7.18. The largest absolute Gasteiger partial charge is 0.349 e. The van der Waals surface area contributed by atoms with Gasteiger partial charge >= 0.3 is 0 Å². The molecule has 1 amide bonds. The number of aromatic nitrogens is 1. The second-order valence-corrected chi connectivity index (χ2v) is 7.01. The van der Waals surface area contributed by atoms with E-state index in [1.807, 2.05) is 21.0 Å². The molecule has 0 saturated heterocycles. The van der Waals surface area contributed by atoms with Crippen molar-refractivity contribution >= 4 is 17.2 Å². The van der Waals surface area contributed by atoms with Gasteiger partial charge in [-0.1, -0.05) is 25.7 Å². The average molecular weight is 295 g/mol. The number of hydrogen-bond donors (Lipinski definition) is 1. The van der Waals surface area contributed by atoms with Gasteiger partial charge in [0.15, 0.2) is 0 Å². The van der Waals surface area contributed by atoms with Gasteiger partial charge in [-0.2, -0.15) is 0 Å². The SMILES string of the molecule is Cc1nc(CN(C)C)sc1C(=O)NC1CCCCCC1. The number of thiazole rings is 1. The summed E-state index contributed by atoms with van der Waals surface area (Å²) in [5, 5.41) is 4.21. The van der Waals surface area contributed by atoms with Crippen LogP contribution in [0.15, 0.2) is 0 Å². The Kier molecular flexibility index (Phi) is 5.54. The van der Waals surface area contributed by atoms with Crippen molar-refractivity contribution in [1.29, 1.82) is 0 Å². The third kappa shape index (κ3) is 4.28. The Morgan fingerprint density at radius 2 is 1.95 bits per heavy atom. The van der Waals surface area contributed by atoms with Crippen molar-refractivity contribution in [3.8, 4) is 0 Å². The van der Waals surface area contributed by atoms with Crippen molar-refractivity contribution < 1.29 is 4.79 Å². The Morgan fingerprint density at radius 1 is 1.30 bits per heavy atom. The Balaban J connectivity index is 1.99. The van der Waals surface area contributed by atoms with Crippen molar-refractivity contribution in [3.05, 3.63) is 15.6 Å². The van der Waals surface area contributed by atoms with E-state index in [1.165, 1.54) is 37.0 Å². The van der Waals surface area contributed by atoms with Crippen LogP contribution in [-0.4, -0.2) is 35.9 Å². The van der Waals surface area contributed by atoms with Crippen LogP contribution in [0.1, 0.15) is 58.9 Å². The summed E-state index contributed by atoms with van der Waals surface area (Å²) in [5.74, 6) is 0.0666. The average Bonchev–Trinajstić information content (AvgIpc) is 2.59. The minimum absolute atomic E-state index is 0.0666. The zero-order chi connectivity index (χ0) is 14.5. The van der Waals surface area contributed by atoms with Gasteiger partial charge in [-0.3, -0.25) is 4.79 Å². The maximum absolute atomic E-state index is 12.4. The highest BCUT2D eigenvalue weighted by atomic mass is 32.1. The standard InChI is InChI=1S/C15H25N3OS/c1-11-14(20-13(16-11)10-18(2)3)15(19)17-12-8-6-4-5-7-9-12/h12H,4-10H2,1-3H3,(H,17,19). The fraction of sp³-hybridized carbons (Fsp3) is 0.733. The molecule has 1 aromatic heterocycles. The summed E-state index contributed by atoms with van der Waals surface area (Å²) in [6.45, 7) is 2.72. The van der Waals surface area contributed by atoms with Crippen molar-refractivity contribution in [1.82, 2.24) is 15.2 Å². The van der Waals surface area contributed by atoms with Gasteiger partial charge in [0.25, 0.3) is 5.91 Å². The van der Waals surface area contributed by atoms with Crippen molar-refractivity contribution in [2.75, 3.05) is 14.1 Å². The van der Waals surface area contributed by atoms with E-state index >= 15 is 0 Å². The Morgan fingerprint density at radius 3 is 2.55 bits per heavy atom. The van der Waals surface area contributed by atoms with Gasteiger partial charge in [-0.05, 0) is 33.9 Å². The van der Waals surface area contributed by atoms with Crippen LogP contribution in [0.2, 0.25) is 0 Å². The van der Waals surface area contributed by atoms with Crippen molar-refractivity contribution in [3.63, 3.8) is 0 Å². The number of nitrogens with one attached hydrogen (secondary N) is 1. The van der Waals surface area contributed by atoms with E-state index < -0.39 is 0 Å². The first-order valence-corrected chi connectivity index (χ1v) is 8.30. The lowest BCUT2D eigenvalue weighted by molar-refractivity contribution is 0.0936. The number of rotatable bonds is 4. The summed E-state index contributed by atoms with van der Waals surface area (Å²) in [6.07, 6.45) is 7.32. The molecule has 4 nitrogen and oxygen atoms in total. The number of nitrogens with zero attached hydrogens (tertiary/aromatic N) is 2. The van der Waals surface area contributed by atoms with E-state index in [1.54, 1.807) is 0 Å². The topological polar surface area (TPSA) is 45.2 Å². The highest BCUT2D eigenvalue weighted by Gasteiger charge is 2.20. The van der Waals surface area contributed by atoms with Crippen LogP contribution in [-0.2, 0) is 6.54 Å². The molecule has 1 N–H and O–H groups in total. The lowest BCUT2D eigenvalue weighted by atomic mass is 10.1. The molecule has 1 aliphatic rings. The summed E-state index contributed by atoms with van der Waals surface area (Å²) in [7, 11) is 4.03. The summed E-state index contributed by atoms with van der Waals surface area (Å²) in [5.41, 5.74) is 0.859. The van der Waals surface area contributed by atoms with Crippen LogP contribution in [0.25, 0.3) is 0 Å². The van der Waals surface area contributed by atoms with Crippen LogP contribution in [0, 0.1) is 6.92 Å². The third-order valence-corrected chi connectivity index (χ3v) is 4.83. The fourth-order valence-electron chi connectivity index (χ4n) is 2.68. The van der Waals surface area contributed by atoms with Crippen LogP contribution in [0.4, 0.5) is 0 Å². The predicted molar refractivity (Wildman–Crippen MR) is 83.2 cm³/mol. The van der Waals surface area contributed by atoms with Crippen LogP contribution in [0.3, 0.4) is 0 Å². The molecule has 1 aliphatic carbocycles. The molecule has 1 heterocycles. The lowest BCUT2D eigenvalue weighted by Crippen LogP contribution is -2.34. The van der Waals surface area contributed by atoms with E-state index in [4.69, 9.17) is 0 Å². The first-order valence-electron chi connectivity index (χ1n) is 7.48. The molecule has 1 aromatic rings. The highest BCUT2D eigenvalue weighted by Crippen LogP contribution is 2.21. The minimum atomic E-state index is 0.0666. The Bertz CT molecular complexity index is 448. The molecule has 112 valence electrons. The second-order valence-electron chi connectivity index (χ2n) is 5.92. The summed E-state index contributed by atoms with van der Waals surface area (Å²) in [6, 6.07) is 0.351. The van der Waals surface area contributed by atoms with E-state index in [9.17, 15) is 4.79 Å². The predicted octanol–water partition coefficient (Wildman–Crippen LogP) is 2.97. The molecule has 2 rings (SSSR count). The van der Waals surface area contributed by atoms with Gasteiger partial charge in [-0.25, -0.2) is 4.98 Å². The Labute approximate surface area is 125 Å². The molecule has 1 saturated carbocycles. The molecule has 5 heteroatoms. The maximum Gasteiger partial charge on any atom is 0.263 e. The lowest BCUT2D eigenvalue weighted by Gasteiger charge is -2.15. The first kappa shape index (κ1) is 15.4. The molecule has 0 atom stereocenters. The molecular weight excluding hydrogens is 270 g/mol. The van der Waals surface area contributed by atoms with Gasteiger partial charge in [0.2, 0.25) is 0 Å². The van der Waals surface area contributed by atoms with Gasteiger partial charge in [0, 0.05) is 12.6 Å². The summed E-state index contributed by atoms with van der Waals surface area (Å²) < 4.78 is 0. The summed E-state index contributed by atoms with van der Waals surface area (Å²) in [4.78, 5) is 19.7. The zero-order valence-electron chi connectivity index (χ0n) is 12.7. The number of hydrogen-bond acceptors (Lipinski definition) is 4. The zero-order valence-corrected chi connectivity index (χ0v) is 13.6. The highest BCUT2D eigenvalue weighted by molar-refractivity contribution is 7.13. The third-order valence-electron chi connectivity index (χ3n) is 3.69. The molecular formula is C15H25N3OS. The van der Waals surface area contributed by atoms with Crippen molar-refractivity contribution in [2.45, 2.75) is 58.0 Å². The van der Waals surface area contributed by atoms with Crippen molar-refractivity contribution in [2.24, 2.45) is 0 Å². The van der Waals surface area contributed by atoms with Gasteiger partial charge in [0.1, 0.15) is 9.88 Å². The monoisotopic (exact) mass is 295 g/mol. The Hall–Kier alpha value is -0.940. The molecule has 0 radical (unpaired) electrons. The van der Waals surface area contributed by atoms with Crippen LogP contribution < -0.4 is 5.32 Å². The van der Waals surface area contributed by atoms with Crippen LogP contribution in [0.5, 0.6) is 0 Å². The molecule has 0 bridgehead atoms. The molecule has 1 fully saturated rings. The normalized spacial score (nSPS) is 17.2. The molecule has 20 heavy (non-hydrogen) atoms. The molecule has 0 aromatic carbocycles. The number of carbonyl (C=O) groups excluding carboxylic acids is 1. The van der Waals surface area contributed by atoms with Gasteiger partial charge in [0.05, 0.1) is 5.69 Å². The smallest absolute Gasteiger partial charge is 0.263 e. The molecule has 0 spiro atoms. The fourth-order valence-corrected chi connectivity index (χ4v) is 3.76. The quantitative estimate of drug-likeness (QED) is 0.869. The van der Waals surface area contributed by atoms with E-state index in [0.717, 1.165) is 35.0 Å². The number of aryl methyl sites for hydroxylation is 1. The van der Waals surface area contributed by atoms with Gasteiger partial charge in [-0.15, -0.1) is 11.3 Å². The molecule has 0 aliphatic heterocycles. The van der Waals surface area contributed by atoms with Gasteiger partial charge < -0.3 is 10.2 Å².